The molecular formula is C26H29N3O10. The number of aliphatic imine (C=N–C) groups is 2. The van der Waals surface area contributed by atoms with Gasteiger partial charge in [-0.25, -0.2) is 29.1 Å². The molecule has 0 bridgehead atoms. The third-order valence-corrected chi connectivity index (χ3v) is 5.19. The normalized spacial score (nSPS) is 11.6. The molecule has 13 nitrogen and oxygen atoms in total. The number of nitrogens with zero attached hydrogens (tertiary/aromatic N) is 3. The van der Waals surface area contributed by atoms with Crippen LogP contribution in [0.3, 0.4) is 0 Å². The number of hydrogen-bond donors (Lipinski definition) is 1. The molecule has 0 aromatic heterocycles. The van der Waals surface area contributed by atoms with Crippen LogP contribution in [-0.2, 0) is 19.1 Å². The van der Waals surface area contributed by atoms with E-state index in [1.54, 1.807) is 42.5 Å². The van der Waals surface area contributed by atoms with Gasteiger partial charge in [0.1, 0.15) is 6.61 Å². The van der Waals surface area contributed by atoms with Crippen molar-refractivity contribution in [3.05, 3.63) is 48.5 Å². The Hall–Kier alpha value is -4.70. The number of aliphatic hydroxyl groups excluding tert-OH is 1. The Kier molecular flexibility index (Phi) is 13.3. The number of amides is 1. The van der Waals surface area contributed by atoms with Crippen molar-refractivity contribution in [1.29, 1.82) is 0 Å². The summed E-state index contributed by atoms with van der Waals surface area (Å²) < 4.78 is 26.4. The third-order valence-electron chi connectivity index (χ3n) is 5.19. The van der Waals surface area contributed by atoms with Gasteiger partial charge in [0.15, 0.2) is 29.0 Å². The topological polar surface area (TPSA) is 163 Å². The third kappa shape index (κ3) is 9.94. The fourth-order valence-electron chi connectivity index (χ4n) is 3.29. The minimum atomic E-state index is -1.77. The van der Waals surface area contributed by atoms with E-state index in [1.165, 1.54) is 32.4 Å². The number of aliphatic hydroxyl groups is 1. The maximum absolute atomic E-state index is 13.1. The summed E-state index contributed by atoms with van der Waals surface area (Å²) in [5, 5.41) is 10.8. The Labute approximate surface area is 224 Å². The Morgan fingerprint density at radius 3 is 2.15 bits per heavy atom. The standard InChI is InChI=1S/C26H29N3O10/c1-35-20-10-3-5-12-22(20)38-25(33)29(26(34)39-23-13-6-4-11-21(23)36-2)15-8-7-9-19(28-18-31)24(32)37-16-14-27-17-30/h3-6,10-13,19,25,33H,7-9,14-16H2,1-2H3. The zero-order valence-corrected chi connectivity index (χ0v) is 21.5. The molecule has 2 aromatic carbocycles. The first-order chi connectivity index (χ1) is 18.9. The number of hydrogen-bond acceptors (Lipinski definition) is 12. The lowest BCUT2D eigenvalue weighted by atomic mass is 10.1. The van der Waals surface area contributed by atoms with Gasteiger partial charge in [-0.2, -0.15) is 4.99 Å². The van der Waals surface area contributed by atoms with E-state index < -0.39 is 24.5 Å². The van der Waals surface area contributed by atoms with Gasteiger partial charge in [0.05, 0.1) is 20.8 Å². The molecule has 0 spiro atoms. The van der Waals surface area contributed by atoms with Crippen LogP contribution in [0.1, 0.15) is 19.3 Å². The Balaban J connectivity index is 2.10. The molecule has 0 radical (unpaired) electrons. The van der Waals surface area contributed by atoms with Crippen molar-refractivity contribution in [2.75, 3.05) is 33.9 Å². The summed E-state index contributed by atoms with van der Waals surface area (Å²) in [6.45, 7) is -0.307. The Morgan fingerprint density at radius 2 is 1.54 bits per heavy atom. The van der Waals surface area contributed by atoms with Gasteiger partial charge in [-0.3, -0.25) is 0 Å². The van der Waals surface area contributed by atoms with E-state index in [4.69, 9.17) is 23.7 Å². The lowest BCUT2D eigenvalue weighted by molar-refractivity contribution is -0.145. The number of para-hydroxylation sites is 4. The first kappa shape index (κ1) is 30.5. The number of isocyanates is 2. The molecule has 0 aliphatic carbocycles. The first-order valence-corrected chi connectivity index (χ1v) is 11.8. The van der Waals surface area contributed by atoms with Crippen molar-refractivity contribution in [2.24, 2.45) is 9.98 Å². The van der Waals surface area contributed by atoms with Crippen molar-refractivity contribution >= 4 is 24.2 Å². The molecule has 2 atom stereocenters. The van der Waals surface area contributed by atoms with E-state index in [0.717, 1.165) is 4.90 Å². The zero-order chi connectivity index (χ0) is 28.5. The molecule has 0 aliphatic rings. The molecule has 0 saturated carbocycles. The van der Waals surface area contributed by atoms with Crippen LogP contribution in [0.25, 0.3) is 0 Å². The lowest BCUT2D eigenvalue weighted by Gasteiger charge is -2.28. The summed E-state index contributed by atoms with van der Waals surface area (Å²) in [6.07, 6.45) is 0.581. The summed E-state index contributed by atoms with van der Waals surface area (Å²) >= 11 is 0. The van der Waals surface area contributed by atoms with Gasteiger partial charge < -0.3 is 28.8 Å². The molecular weight excluding hydrogens is 514 g/mol. The molecule has 0 fully saturated rings. The van der Waals surface area contributed by atoms with Gasteiger partial charge in [0.25, 0.3) is 6.41 Å². The van der Waals surface area contributed by atoms with Crippen LogP contribution in [0.4, 0.5) is 4.79 Å². The summed E-state index contributed by atoms with van der Waals surface area (Å²) in [7, 11) is 2.85. The van der Waals surface area contributed by atoms with Crippen LogP contribution < -0.4 is 18.9 Å². The fraction of sp³-hybridized carbons (Fsp3) is 0.385. The second-order valence-corrected chi connectivity index (χ2v) is 7.68. The Bertz CT molecular complexity index is 1180. The molecule has 39 heavy (non-hydrogen) atoms. The number of methoxy groups -OCH3 is 2. The fourth-order valence-corrected chi connectivity index (χ4v) is 3.29. The van der Waals surface area contributed by atoms with Gasteiger partial charge in [-0.05, 0) is 43.5 Å². The molecule has 2 aromatic rings. The van der Waals surface area contributed by atoms with E-state index in [9.17, 15) is 24.3 Å². The summed E-state index contributed by atoms with van der Waals surface area (Å²) in [5.41, 5.74) is 0. The van der Waals surface area contributed by atoms with E-state index in [-0.39, 0.29) is 50.5 Å². The number of unbranched alkanes of at least 4 members (excludes halogenated alkanes) is 1. The minimum absolute atomic E-state index is 0.0646. The molecule has 2 rings (SSSR count). The smallest absolute Gasteiger partial charge is 0.420 e. The van der Waals surface area contributed by atoms with Crippen molar-refractivity contribution in [3.8, 4) is 23.0 Å². The number of ether oxygens (including phenoxy) is 5. The number of rotatable bonds is 16. The second-order valence-electron chi connectivity index (χ2n) is 7.68. The van der Waals surface area contributed by atoms with Crippen LogP contribution in [-0.4, -0.2) is 80.6 Å². The summed E-state index contributed by atoms with van der Waals surface area (Å²) in [4.78, 5) is 53.8. The predicted octanol–water partition coefficient (Wildman–Crippen LogP) is 2.61. The van der Waals surface area contributed by atoms with E-state index >= 15 is 0 Å². The highest BCUT2D eigenvalue weighted by Gasteiger charge is 2.27. The minimum Gasteiger partial charge on any atom is -0.493 e. The van der Waals surface area contributed by atoms with Crippen LogP contribution in [0, 0.1) is 0 Å². The number of esters is 1. The van der Waals surface area contributed by atoms with E-state index in [2.05, 4.69) is 9.98 Å². The second kappa shape index (κ2) is 16.9. The van der Waals surface area contributed by atoms with Gasteiger partial charge in [0.2, 0.25) is 12.2 Å². The van der Waals surface area contributed by atoms with Crippen LogP contribution in [0.5, 0.6) is 23.0 Å². The largest absolute Gasteiger partial charge is 0.493 e. The zero-order valence-electron chi connectivity index (χ0n) is 21.5. The predicted molar refractivity (Wildman–Crippen MR) is 135 cm³/mol. The number of carbonyl (C=O) groups is 2. The molecule has 0 aliphatic heterocycles. The van der Waals surface area contributed by atoms with Crippen molar-refractivity contribution < 1.29 is 48.0 Å². The molecule has 13 heteroatoms. The highest BCUT2D eigenvalue weighted by Crippen LogP contribution is 2.29. The van der Waals surface area contributed by atoms with Crippen molar-refractivity contribution in [2.45, 2.75) is 31.7 Å². The lowest BCUT2D eigenvalue weighted by Crippen LogP contribution is -2.45. The van der Waals surface area contributed by atoms with Crippen LogP contribution >= 0.6 is 0 Å². The highest BCUT2D eigenvalue weighted by molar-refractivity contribution is 5.77. The van der Waals surface area contributed by atoms with E-state index in [1.807, 2.05) is 0 Å². The van der Waals surface area contributed by atoms with Crippen LogP contribution in [0.15, 0.2) is 58.5 Å². The van der Waals surface area contributed by atoms with Gasteiger partial charge in [-0.15, -0.1) is 0 Å². The van der Waals surface area contributed by atoms with Crippen LogP contribution in [0.2, 0.25) is 0 Å². The average Bonchev–Trinajstić information content (AvgIpc) is 2.95. The molecule has 0 heterocycles. The molecule has 2 unspecified atom stereocenters. The van der Waals surface area contributed by atoms with Gasteiger partial charge in [-0.1, -0.05) is 24.3 Å². The molecule has 0 saturated heterocycles. The summed E-state index contributed by atoms with van der Waals surface area (Å²) in [5.74, 6) is 0.164. The quantitative estimate of drug-likeness (QED) is 0.109. The molecule has 1 amide bonds. The molecule has 208 valence electrons. The highest BCUT2D eigenvalue weighted by atomic mass is 16.6. The summed E-state index contributed by atoms with van der Waals surface area (Å²) in [6, 6.07) is 11.9. The number of carbonyl (C=O) groups excluding carboxylic acids is 4. The number of benzene rings is 2. The maximum Gasteiger partial charge on any atom is 0.420 e. The average molecular weight is 544 g/mol. The first-order valence-electron chi connectivity index (χ1n) is 11.8. The monoisotopic (exact) mass is 543 g/mol. The van der Waals surface area contributed by atoms with E-state index in [0.29, 0.717) is 11.5 Å². The van der Waals surface area contributed by atoms with Gasteiger partial charge in [0, 0.05) is 6.54 Å². The SMILES string of the molecule is COc1ccccc1OC(=O)N(CCCCC(N=C=O)C(=O)OCCN=C=O)C(O)Oc1ccccc1OC. The molecule has 1 N–H and O–H groups in total. The van der Waals surface area contributed by atoms with Crippen molar-refractivity contribution in [3.63, 3.8) is 0 Å². The van der Waals surface area contributed by atoms with Gasteiger partial charge >= 0.3 is 12.1 Å². The van der Waals surface area contributed by atoms with Crippen molar-refractivity contribution in [1.82, 2.24) is 4.90 Å². The Morgan fingerprint density at radius 1 is 0.923 bits per heavy atom. The maximum atomic E-state index is 13.1.